The normalized spacial score (nSPS) is 9.40. The van der Waals surface area contributed by atoms with Gasteiger partial charge in [-0.25, -0.2) is 4.79 Å². The molecule has 0 aliphatic carbocycles. The molecule has 1 aromatic rings. The first-order valence-corrected chi connectivity index (χ1v) is 4.16. The fourth-order valence-corrected chi connectivity index (χ4v) is 0.934. The van der Waals surface area contributed by atoms with Crippen LogP contribution < -0.4 is 5.32 Å². The summed E-state index contributed by atoms with van der Waals surface area (Å²) in [6.45, 7) is 1.85. The number of benzene rings is 1. The van der Waals surface area contributed by atoms with Crippen molar-refractivity contribution in [1.82, 2.24) is 5.32 Å². The number of carboxylic acids is 1. The number of aryl methyl sites for hydroxylation is 1. The van der Waals surface area contributed by atoms with Gasteiger partial charge in [-0.15, -0.1) is 0 Å². The van der Waals surface area contributed by atoms with E-state index in [9.17, 15) is 14.4 Å². The molecular formula is C10H9NO4. The van der Waals surface area contributed by atoms with E-state index in [4.69, 9.17) is 5.11 Å². The molecule has 0 fully saturated rings. The Balaban J connectivity index is 2.74. The minimum Gasteiger partial charge on any atom is -0.474 e. The second kappa shape index (κ2) is 4.36. The second-order valence-electron chi connectivity index (χ2n) is 2.95. The van der Waals surface area contributed by atoms with Crippen LogP contribution in [0.2, 0.25) is 0 Å². The van der Waals surface area contributed by atoms with Gasteiger partial charge in [0.05, 0.1) is 0 Å². The Kier molecular flexibility index (Phi) is 3.17. The molecule has 0 unspecified atom stereocenters. The molecule has 0 spiro atoms. The van der Waals surface area contributed by atoms with Crippen molar-refractivity contribution in [2.24, 2.45) is 0 Å². The van der Waals surface area contributed by atoms with Gasteiger partial charge in [-0.05, 0) is 19.1 Å². The summed E-state index contributed by atoms with van der Waals surface area (Å²) in [5, 5.41) is 10.00. The van der Waals surface area contributed by atoms with Crippen molar-refractivity contribution in [1.29, 1.82) is 0 Å². The quantitative estimate of drug-likeness (QED) is 0.650. The molecule has 0 aliphatic heterocycles. The van der Waals surface area contributed by atoms with Crippen LogP contribution in [0.25, 0.3) is 0 Å². The van der Waals surface area contributed by atoms with Crippen LogP contribution in [0, 0.1) is 6.92 Å². The SMILES string of the molecule is Cc1ccc(C(=O)NC(=O)C(=O)O)cc1. The van der Waals surface area contributed by atoms with Gasteiger partial charge in [0.15, 0.2) is 0 Å². The van der Waals surface area contributed by atoms with Crippen molar-refractivity contribution < 1.29 is 19.5 Å². The smallest absolute Gasteiger partial charge is 0.394 e. The largest absolute Gasteiger partial charge is 0.474 e. The van der Waals surface area contributed by atoms with Crippen molar-refractivity contribution >= 4 is 17.8 Å². The van der Waals surface area contributed by atoms with Crippen LogP contribution in [0.15, 0.2) is 24.3 Å². The number of hydrogen-bond donors (Lipinski definition) is 2. The number of imide groups is 1. The lowest BCUT2D eigenvalue weighted by atomic mass is 10.1. The first kappa shape index (κ1) is 10.9. The van der Waals surface area contributed by atoms with Gasteiger partial charge in [0.25, 0.3) is 5.91 Å². The highest BCUT2D eigenvalue weighted by Crippen LogP contribution is 2.02. The van der Waals surface area contributed by atoms with Crippen LogP contribution in [0.1, 0.15) is 15.9 Å². The summed E-state index contributed by atoms with van der Waals surface area (Å²) in [5.41, 5.74) is 1.21. The predicted octanol–water partition coefficient (Wildman–Crippen LogP) is 0.336. The number of carbonyl (C=O) groups excluding carboxylic acids is 2. The maximum Gasteiger partial charge on any atom is 0.394 e. The van der Waals surface area contributed by atoms with E-state index >= 15 is 0 Å². The van der Waals surface area contributed by atoms with E-state index in [0.717, 1.165) is 5.56 Å². The summed E-state index contributed by atoms with van der Waals surface area (Å²) < 4.78 is 0. The van der Waals surface area contributed by atoms with Crippen LogP contribution in [0.3, 0.4) is 0 Å². The van der Waals surface area contributed by atoms with E-state index in [1.54, 1.807) is 17.4 Å². The predicted molar refractivity (Wildman–Crippen MR) is 51.3 cm³/mol. The topological polar surface area (TPSA) is 83.5 Å². The van der Waals surface area contributed by atoms with Gasteiger partial charge >= 0.3 is 11.9 Å². The molecule has 0 saturated carbocycles. The van der Waals surface area contributed by atoms with E-state index in [2.05, 4.69) is 0 Å². The molecule has 1 rings (SSSR count). The summed E-state index contributed by atoms with van der Waals surface area (Å²) >= 11 is 0. The number of nitrogens with one attached hydrogen (secondary N) is 1. The minimum atomic E-state index is -1.68. The third-order valence-electron chi connectivity index (χ3n) is 1.74. The fourth-order valence-electron chi connectivity index (χ4n) is 0.934. The Labute approximate surface area is 85.7 Å². The maximum atomic E-state index is 11.3. The molecule has 0 aromatic heterocycles. The summed E-state index contributed by atoms with van der Waals surface area (Å²) in [5.74, 6) is -3.74. The van der Waals surface area contributed by atoms with Gasteiger partial charge in [-0.1, -0.05) is 17.7 Å². The summed E-state index contributed by atoms with van der Waals surface area (Å²) in [7, 11) is 0. The number of carboxylic acid groups (broad SMARTS) is 1. The minimum absolute atomic E-state index is 0.246. The number of amides is 2. The van der Waals surface area contributed by atoms with Gasteiger partial charge in [0.1, 0.15) is 0 Å². The molecule has 0 heterocycles. The number of hydrogen-bond acceptors (Lipinski definition) is 3. The number of carbonyl (C=O) groups is 3. The van der Waals surface area contributed by atoms with Crippen LogP contribution >= 0.6 is 0 Å². The Hall–Kier alpha value is -2.17. The zero-order valence-electron chi connectivity index (χ0n) is 7.98. The van der Waals surface area contributed by atoms with E-state index in [0.29, 0.717) is 0 Å². The summed E-state index contributed by atoms with van der Waals surface area (Å²) in [6.07, 6.45) is 0. The van der Waals surface area contributed by atoms with Gasteiger partial charge in [-0.3, -0.25) is 14.9 Å². The zero-order chi connectivity index (χ0) is 11.4. The average molecular weight is 207 g/mol. The molecule has 5 heteroatoms. The van der Waals surface area contributed by atoms with E-state index in [-0.39, 0.29) is 5.56 Å². The van der Waals surface area contributed by atoms with Crippen LogP contribution in [-0.4, -0.2) is 22.9 Å². The highest BCUT2D eigenvalue weighted by atomic mass is 16.4. The summed E-state index contributed by atoms with van der Waals surface area (Å²) in [4.78, 5) is 32.1. The molecule has 5 nitrogen and oxygen atoms in total. The molecule has 1 aromatic carbocycles. The highest BCUT2D eigenvalue weighted by molar-refractivity contribution is 6.35. The van der Waals surface area contributed by atoms with E-state index in [1.165, 1.54) is 12.1 Å². The van der Waals surface area contributed by atoms with Crippen molar-refractivity contribution in [3.05, 3.63) is 35.4 Å². The lowest BCUT2D eigenvalue weighted by Crippen LogP contribution is -2.35. The third-order valence-corrected chi connectivity index (χ3v) is 1.74. The Morgan fingerprint density at radius 2 is 1.67 bits per heavy atom. The standard InChI is InChI=1S/C10H9NO4/c1-6-2-4-7(5-3-6)8(12)11-9(13)10(14)15/h2-5H,1H3,(H,14,15)(H,11,12,13). The highest BCUT2D eigenvalue weighted by Gasteiger charge is 2.15. The fraction of sp³-hybridized carbons (Fsp3) is 0.100. The molecule has 2 N–H and O–H groups in total. The number of aliphatic carboxylic acids is 1. The van der Waals surface area contributed by atoms with Gasteiger partial charge in [-0.2, -0.15) is 0 Å². The van der Waals surface area contributed by atoms with Gasteiger partial charge in [0.2, 0.25) is 0 Å². The Bertz CT molecular complexity index is 408. The molecule has 0 radical (unpaired) electrons. The lowest BCUT2D eigenvalue weighted by Gasteiger charge is -2.01. The van der Waals surface area contributed by atoms with Gasteiger partial charge < -0.3 is 5.11 Å². The number of rotatable bonds is 1. The Morgan fingerprint density at radius 1 is 1.13 bits per heavy atom. The second-order valence-corrected chi connectivity index (χ2v) is 2.95. The molecule has 0 atom stereocenters. The lowest BCUT2D eigenvalue weighted by molar-refractivity contribution is -0.149. The first-order chi connectivity index (χ1) is 7.00. The van der Waals surface area contributed by atoms with Crippen molar-refractivity contribution in [2.75, 3.05) is 0 Å². The van der Waals surface area contributed by atoms with Crippen molar-refractivity contribution in [3.8, 4) is 0 Å². The van der Waals surface area contributed by atoms with E-state index < -0.39 is 17.8 Å². The monoisotopic (exact) mass is 207 g/mol. The molecule has 0 aliphatic rings. The van der Waals surface area contributed by atoms with Crippen LogP contribution in [0.5, 0.6) is 0 Å². The maximum absolute atomic E-state index is 11.3. The molecular weight excluding hydrogens is 198 g/mol. The zero-order valence-corrected chi connectivity index (χ0v) is 7.98. The molecule has 0 saturated heterocycles. The molecule has 78 valence electrons. The van der Waals surface area contributed by atoms with Crippen molar-refractivity contribution in [2.45, 2.75) is 6.92 Å². The first-order valence-electron chi connectivity index (χ1n) is 4.16. The van der Waals surface area contributed by atoms with Crippen LogP contribution in [0.4, 0.5) is 0 Å². The third kappa shape index (κ3) is 2.91. The Morgan fingerprint density at radius 3 is 2.13 bits per heavy atom. The summed E-state index contributed by atoms with van der Waals surface area (Å²) in [6, 6.07) is 6.42. The molecule has 15 heavy (non-hydrogen) atoms. The molecule has 0 bridgehead atoms. The average Bonchev–Trinajstić information content (AvgIpc) is 2.18. The van der Waals surface area contributed by atoms with Gasteiger partial charge in [0, 0.05) is 5.56 Å². The van der Waals surface area contributed by atoms with E-state index in [1.807, 2.05) is 6.92 Å². The van der Waals surface area contributed by atoms with Crippen molar-refractivity contribution in [3.63, 3.8) is 0 Å². The van der Waals surface area contributed by atoms with Crippen LogP contribution in [-0.2, 0) is 9.59 Å². The molecule has 2 amide bonds.